The monoisotopic (exact) mass is 241 g/mol. The molecule has 1 aliphatic heterocycles. The summed E-state index contributed by atoms with van der Waals surface area (Å²) in [6.45, 7) is 4.62. The number of hydrogen-bond acceptors (Lipinski definition) is 3. The summed E-state index contributed by atoms with van der Waals surface area (Å²) in [6, 6.07) is 3.74. The average molecular weight is 241 g/mol. The van der Waals surface area contributed by atoms with E-state index in [1.807, 2.05) is 26.0 Å². The van der Waals surface area contributed by atoms with Crippen LogP contribution in [0.1, 0.15) is 38.3 Å². The number of nitrogens with zero attached hydrogens (tertiary/aromatic N) is 2. The molecule has 0 spiro atoms. The van der Waals surface area contributed by atoms with Gasteiger partial charge in [0.1, 0.15) is 0 Å². The first-order chi connectivity index (χ1) is 7.79. The van der Waals surface area contributed by atoms with Crippen LogP contribution in [0, 0.1) is 0 Å². The molecule has 1 saturated heterocycles. The molecule has 16 heavy (non-hydrogen) atoms. The maximum absolute atomic E-state index is 10.9. The highest BCUT2D eigenvalue weighted by molar-refractivity contribution is 7.76. The molecule has 1 unspecified atom stereocenters. The van der Waals surface area contributed by atoms with Gasteiger partial charge >= 0.3 is 0 Å². The Bertz CT molecular complexity index is 332. The molecule has 1 aliphatic rings. The van der Waals surface area contributed by atoms with Crippen molar-refractivity contribution in [2.45, 2.75) is 32.7 Å². The van der Waals surface area contributed by atoms with Gasteiger partial charge in [0.2, 0.25) is 0 Å². The van der Waals surface area contributed by atoms with E-state index in [2.05, 4.69) is 4.98 Å². The molecule has 5 heteroatoms. The van der Waals surface area contributed by atoms with E-state index in [1.54, 1.807) is 12.4 Å². The van der Waals surface area contributed by atoms with Gasteiger partial charge in [-0.3, -0.25) is 9.19 Å². The van der Waals surface area contributed by atoms with Crippen molar-refractivity contribution in [1.82, 2.24) is 9.29 Å². The van der Waals surface area contributed by atoms with Crippen LogP contribution in [0.15, 0.2) is 24.5 Å². The lowest BCUT2D eigenvalue weighted by Gasteiger charge is -2.25. The van der Waals surface area contributed by atoms with E-state index in [0.717, 1.165) is 18.4 Å². The first kappa shape index (κ1) is 13.3. The number of aromatic nitrogens is 1. The first-order valence-electron chi connectivity index (χ1n) is 5.55. The molecule has 4 nitrogen and oxygen atoms in total. The lowest BCUT2D eigenvalue weighted by atomic mass is 10.1. The Labute approximate surface area is 99.1 Å². The molecule has 0 bridgehead atoms. The van der Waals surface area contributed by atoms with Crippen molar-refractivity contribution in [2.75, 3.05) is 6.54 Å². The lowest BCUT2D eigenvalue weighted by molar-refractivity contribution is 0.374. The Morgan fingerprint density at radius 1 is 1.56 bits per heavy atom. The molecule has 0 N–H and O–H groups in total. The summed E-state index contributed by atoms with van der Waals surface area (Å²) in [5.74, 6) is 0. The van der Waals surface area contributed by atoms with E-state index in [9.17, 15) is 8.76 Å². The minimum absolute atomic E-state index is 0.0120. The summed E-state index contributed by atoms with van der Waals surface area (Å²) in [4.78, 5) is 4.00. The molecule has 0 aliphatic carbocycles. The largest absolute Gasteiger partial charge is 0.760 e. The molecular formula is C11H17N2O2S-. The molecule has 2 rings (SSSR count). The van der Waals surface area contributed by atoms with Crippen LogP contribution >= 0.6 is 0 Å². The molecule has 0 saturated carbocycles. The van der Waals surface area contributed by atoms with Crippen LogP contribution in [0.25, 0.3) is 0 Å². The molecule has 0 aromatic carbocycles. The van der Waals surface area contributed by atoms with Crippen LogP contribution in [0.5, 0.6) is 0 Å². The molecule has 0 amide bonds. The zero-order valence-electron chi connectivity index (χ0n) is 9.63. The van der Waals surface area contributed by atoms with Gasteiger partial charge in [-0.2, -0.15) is 0 Å². The Kier molecular flexibility index (Phi) is 5.59. The quantitative estimate of drug-likeness (QED) is 0.744. The highest BCUT2D eigenvalue weighted by atomic mass is 32.2. The first-order valence-corrected chi connectivity index (χ1v) is 6.58. The van der Waals surface area contributed by atoms with Crippen molar-refractivity contribution in [2.24, 2.45) is 0 Å². The van der Waals surface area contributed by atoms with Crippen LogP contribution in [-0.4, -0.2) is 24.6 Å². The van der Waals surface area contributed by atoms with E-state index in [0.29, 0.717) is 6.54 Å². The number of rotatable bonds is 2. The van der Waals surface area contributed by atoms with Crippen LogP contribution in [0.4, 0.5) is 0 Å². The molecule has 2 atom stereocenters. The topological polar surface area (TPSA) is 56.3 Å². The fourth-order valence-electron chi connectivity index (χ4n) is 1.82. The summed E-state index contributed by atoms with van der Waals surface area (Å²) in [7, 11) is 0. The third kappa shape index (κ3) is 3.10. The minimum Gasteiger partial charge on any atom is -0.760 e. The van der Waals surface area contributed by atoms with E-state index >= 15 is 0 Å². The van der Waals surface area contributed by atoms with Gasteiger partial charge in [-0.15, -0.1) is 0 Å². The second-order valence-corrected chi connectivity index (χ2v) is 4.21. The van der Waals surface area contributed by atoms with E-state index in [1.165, 1.54) is 4.31 Å². The molecule has 2 heterocycles. The standard InChI is InChI=1S/C9H12N2O2S.C2H6/c12-14(13)11-6-2-4-9(11)8-3-1-5-10-7-8;1-2/h1,3,5,7,9H,2,4,6H2,(H,12,13);1-2H3/p-1/t9-;/m0./s1. The van der Waals surface area contributed by atoms with Crippen molar-refractivity contribution < 1.29 is 8.76 Å². The van der Waals surface area contributed by atoms with Gasteiger partial charge in [-0.25, -0.2) is 4.31 Å². The minimum atomic E-state index is -2.12. The molecule has 1 aromatic heterocycles. The number of pyridine rings is 1. The smallest absolute Gasteiger partial charge is 0.0480 e. The summed E-state index contributed by atoms with van der Waals surface area (Å²) >= 11 is -2.12. The van der Waals surface area contributed by atoms with Crippen molar-refractivity contribution in [1.29, 1.82) is 0 Å². The molecular weight excluding hydrogens is 224 g/mol. The summed E-state index contributed by atoms with van der Waals surface area (Å²) < 4.78 is 23.3. The summed E-state index contributed by atoms with van der Waals surface area (Å²) in [5, 5.41) is 0. The van der Waals surface area contributed by atoms with Gasteiger partial charge in [-0.1, -0.05) is 19.9 Å². The third-order valence-electron chi connectivity index (χ3n) is 2.46. The second-order valence-electron chi connectivity index (χ2n) is 3.30. The summed E-state index contributed by atoms with van der Waals surface area (Å²) in [6.07, 6.45) is 5.24. The highest BCUT2D eigenvalue weighted by Crippen LogP contribution is 2.31. The van der Waals surface area contributed by atoms with Gasteiger partial charge in [-0.05, 0) is 24.5 Å². The van der Waals surface area contributed by atoms with Crippen molar-refractivity contribution in [3.8, 4) is 0 Å². The maximum atomic E-state index is 10.9. The zero-order valence-corrected chi connectivity index (χ0v) is 10.4. The predicted octanol–water partition coefficient (Wildman–Crippen LogP) is 2.04. The fourth-order valence-corrected chi connectivity index (χ4v) is 2.54. The Hall–Kier alpha value is -0.780. The normalized spacial score (nSPS) is 22.3. The van der Waals surface area contributed by atoms with E-state index in [-0.39, 0.29) is 6.04 Å². The maximum Gasteiger partial charge on any atom is 0.0480 e. The summed E-state index contributed by atoms with van der Waals surface area (Å²) in [5.41, 5.74) is 0.981. The SMILES string of the molecule is CC.O=S([O-])N1CCC[C@H]1c1cccnc1. The van der Waals surface area contributed by atoms with Gasteiger partial charge in [0.15, 0.2) is 0 Å². The Balaban J connectivity index is 0.000000606. The van der Waals surface area contributed by atoms with Crippen molar-refractivity contribution in [3.63, 3.8) is 0 Å². The zero-order chi connectivity index (χ0) is 12.0. The van der Waals surface area contributed by atoms with E-state index in [4.69, 9.17) is 0 Å². The van der Waals surface area contributed by atoms with Crippen molar-refractivity contribution in [3.05, 3.63) is 30.1 Å². The Morgan fingerprint density at radius 2 is 2.31 bits per heavy atom. The molecule has 90 valence electrons. The highest BCUT2D eigenvalue weighted by Gasteiger charge is 2.26. The fraction of sp³-hybridized carbons (Fsp3) is 0.545. The van der Waals surface area contributed by atoms with Crippen LogP contribution < -0.4 is 0 Å². The van der Waals surface area contributed by atoms with Gasteiger partial charge < -0.3 is 4.55 Å². The molecule has 0 radical (unpaired) electrons. The van der Waals surface area contributed by atoms with Gasteiger partial charge in [0.05, 0.1) is 0 Å². The van der Waals surface area contributed by atoms with Gasteiger partial charge in [0, 0.05) is 36.2 Å². The van der Waals surface area contributed by atoms with Crippen LogP contribution in [-0.2, 0) is 11.3 Å². The Morgan fingerprint density at radius 3 is 2.88 bits per heavy atom. The lowest BCUT2D eigenvalue weighted by Crippen LogP contribution is -2.25. The molecule has 1 fully saturated rings. The molecule has 1 aromatic rings. The average Bonchev–Trinajstić information content (AvgIpc) is 2.82. The predicted molar refractivity (Wildman–Crippen MR) is 63.2 cm³/mol. The number of hydrogen-bond donors (Lipinski definition) is 0. The second kappa shape index (κ2) is 6.73. The van der Waals surface area contributed by atoms with E-state index < -0.39 is 11.3 Å². The van der Waals surface area contributed by atoms with Crippen molar-refractivity contribution >= 4 is 11.3 Å². The van der Waals surface area contributed by atoms with Crippen LogP contribution in [0.3, 0.4) is 0 Å². The van der Waals surface area contributed by atoms with Crippen LogP contribution in [0.2, 0.25) is 0 Å². The van der Waals surface area contributed by atoms with Gasteiger partial charge in [0.25, 0.3) is 0 Å². The third-order valence-corrected chi connectivity index (χ3v) is 3.28.